The number of fused-ring (bicyclic) bond motifs is 4. The van der Waals surface area contributed by atoms with Gasteiger partial charge in [-0.2, -0.15) is 0 Å². The number of anilines is 1. The van der Waals surface area contributed by atoms with E-state index in [2.05, 4.69) is 79.0 Å². The van der Waals surface area contributed by atoms with E-state index in [1.165, 1.54) is 61.7 Å². The predicted molar refractivity (Wildman–Crippen MR) is 568 cm³/mol. The lowest BCUT2D eigenvalue weighted by Crippen LogP contribution is -2.30. The summed E-state index contributed by atoms with van der Waals surface area (Å²) in [7, 11) is 3.17. The fourth-order valence-corrected chi connectivity index (χ4v) is 14.5. The molecule has 0 aliphatic heterocycles. The minimum Gasteiger partial charge on any atom is -0.507 e. The summed E-state index contributed by atoms with van der Waals surface area (Å²) in [5.41, 5.74) is 13.1. The van der Waals surface area contributed by atoms with E-state index in [4.69, 9.17) is 54.2 Å². The summed E-state index contributed by atoms with van der Waals surface area (Å²) in [5, 5.41) is 102. The van der Waals surface area contributed by atoms with E-state index in [1.807, 2.05) is 96.1 Å². The molecule has 150 heavy (non-hydrogen) atoms. The van der Waals surface area contributed by atoms with Crippen LogP contribution in [0.4, 0.5) is 5.69 Å². The van der Waals surface area contributed by atoms with Gasteiger partial charge in [-0.1, -0.05) is 171 Å². The van der Waals surface area contributed by atoms with Crippen LogP contribution in [0.25, 0.3) is 66.9 Å². The Morgan fingerprint density at radius 2 is 0.787 bits per heavy atom. The Labute approximate surface area is 869 Å². The molecule has 7 N–H and O–H groups in total. The average molecular weight is 2050 g/mol. The third-order valence-corrected chi connectivity index (χ3v) is 22.5. The highest BCUT2D eigenvalue weighted by atomic mass is 35.5. The first-order valence-corrected chi connectivity index (χ1v) is 47.5. The molecule has 4 aromatic heterocycles. The fourth-order valence-electron chi connectivity index (χ4n) is 14.3. The second-order valence-electron chi connectivity index (χ2n) is 36.3. The summed E-state index contributed by atoms with van der Waals surface area (Å²) in [6, 6.07) is 66.3. The van der Waals surface area contributed by atoms with Crippen LogP contribution in [-0.2, 0) is 66.6 Å². The lowest BCUT2D eigenvalue weighted by molar-refractivity contribution is -0.146. The van der Waals surface area contributed by atoms with E-state index in [9.17, 15) is 64.2 Å². The summed E-state index contributed by atoms with van der Waals surface area (Å²) in [6.07, 6.45) is 2.46. The first kappa shape index (κ1) is 111. The van der Waals surface area contributed by atoms with Crippen LogP contribution in [0.15, 0.2) is 298 Å². The van der Waals surface area contributed by atoms with Crippen molar-refractivity contribution in [2.24, 2.45) is 0 Å². The first-order chi connectivity index (χ1) is 71.5. The predicted octanol–water partition coefficient (Wildman–Crippen LogP) is 20.0. The molecule has 0 radical (unpaired) electrons. The lowest BCUT2D eigenvalue weighted by atomic mass is 9.84. The fraction of sp³-hybridized carbons (Fsp3) is 0.219. The molecule has 1 amide bonds. The number of hydrogen-bond donors (Lipinski definition) is 7. The zero-order chi connectivity index (χ0) is 108. The monoisotopic (exact) mass is 2050 g/mol. The number of phenolic OH excluding ortho intramolecular Hbond substituents is 6. The Morgan fingerprint density at radius 3 is 1.25 bits per heavy atom. The summed E-state index contributed by atoms with van der Waals surface area (Å²) >= 11 is 6.06. The van der Waals surface area contributed by atoms with E-state index >= 15 is 0 Å². The Kier molecular flexibility index (Phi) is 37.2. The third-order valence-electron chi connectivity index (χ3n) is 22.3. The van der Waals surface area contributed by atoms with E-state index in [0.717, 1.165) is 33.8 Å². The molecule has 36 heteroatoms. The first-order valence-electron chi connectivity index (χ1n) is 47.1. The molecular formula is C114H114ClN13O22. The zero-order valence-corrected chi connectivity index (χ0v) is 85.5. The van der Waals surface area contributed by atoms with Crippen LogP contribution in [0.2, 0.25) is 5.02 Å². The minimum atomic E-state index is -0.897. The number of halogens is 1. The van der Waals surface area contributed by atoms with Gasteiger partial charge in [0.25, 0.3) is 5.91 Å². The maximum Gasteiger partial charge on any atom is 0.333 e. The number of aromatic nitrogens is 12. The van der Waals surface area contributed by atoms with Crippen molar-refractivity contribution in [1.29, 1.82) is 0 Å². The summed E-state index contributed by atoms with van der Waals surface area (Å²) < 4.78 is 48.4. The summed E-state index contributed by atoms with van der Waals surface area (Å²) in [4.78, 5) is 88.9. The summed E-state index contributed by atoms with van der Waals surface area (Å²) in [5.74, 6) is -0.707. The van der Waals surface area contributed by atoms with Gasteiger partial charge in [0.1, 0.15) is 143 Å². The maximum atomic E-state index is 12.7. The smallest absolute Gasteiger partial charge is 0.333 e. The number of rotatable bonds is 35. The number of ether oxygens (including phenoxy) is 9. The molecule has 774 valence electrons. The molecule has 4 heterocycles. The second-order valence-corrected chi connectivity index (χ2v) is 36.8. The van der Waals surface area contributed by atoms with Crippen molar-refractivity contribution in [3.63, 3.8) is 0 Å². The van der Waals surface area contributed by atoms with Gasteiger partial charge in [0.2, 0.25) is 0 Å². The van der Waals surface area contributed by atoms with Gasteiger partial charge in [0.05, 0.1) is 51.8 Å². The SMILES string of the molecule is C=C(C)C(=O)Nc1ccc(O)c(-n2nc3ccc(OC)cc3n2)c1.C=C(C)C(=O)OCCCOc1cc(-n2nc3ccc(OC)cc3n2)c(O)c(C(C)(C)C)c1.C=C(C)C(=O)OCCCc1cc(-n2nc3ccc(Cl)cc3n2)c(O)c(C(C)(C)C)c1.C=C(C)C(=O)OCCc1ccc(O)c(-n2nc3ccccc3n2)c1.C=CC(=O)OC(COc1ccc(C(=O)c2ccccc2)c(O)c1)COc1ccc(C(=O)c2ccccc2)c(O)c1. The number of nitrogens with zero attached hydrogens (tertiary/aromatic N) is 12. The summed E-state index contributed by atoms with van der Waals surface area (Å²) in [6.45, 7) is 37.0. The molecule has 35 nitrogen and oxygen atoms in total. The van der Waals surface area contributed by atoms with Crippen molar-refractivity contribution >= 4 is 103 Å². The second kappa shape index (κ2) is 50.5. The average Bonchev–Trinajstić information content (AvgIpc) is 1.39. The van der Waals surface area contributed by atoms with Gasteiger partial charge in [-0.25, -0.2) is 19.2 Å². The largest absolute Gasteiger partial charge is 0.507 e. The van der Waals surface area contributed by atoms with Gasteiger partial charge in [-0.15, -0.1) is 60.0 Å². The Morgan fingerprint density at radius 1 is 0.380 bits per heavy atom. The highest BCUT2D eigenvalue weighted by Gasteiger charge is 2.29. The molecule has 0 aliphatic carbocycles. The van der Waals surface area contributed by atoms with Crippen molar-refractivity contribution in [3.8, 4) is 86.0 Å². The quantitative estimate of drug-likeness (QED) is 0.00484. The number of carbonyl (C=O) groups is 7. The van der Waals surface area contributed by atoms with Crippen molar-refractivity contribution in [2.45, 2.75) is 112 Å². The molecule has 12 aromatic carbocycles. The number of phenols is 6. The zero-order valence-electron chi connectivity index (χ0n) is 84.7. The molecule has 0 aliphatic rings. The van der Waals surface area contributed by atoms with Crippen LogP contribution in [0.1, 0.15) is 136 Å². The van der Waals surface area contributed by atoms with Crippen LogP contribution in [0.5, 0.6) is 63.2 Å². The lowest BCUT2D eigenvalue weighted by Gasteiger charge is -2.23. The van der Waals surface area contributed by atoms with Gasteiger partial charge >= 0.3 is 23.9 Å². The topological polar surface area (TPSA) is 459 Å². The molecule has 16 rings (SSSR count). The van der Waals surface area contributed by atoms with Crippen LogP contribution in [0.3, 0.4) is 0 Å². The van der Waals surface area contributed by atoms with E-state index in [0.29, 0.717) is 162 Å². The number of nitrogens with one attached hydrogen (secondary N) is 1. The Balaban J connectivity index is 0.000000168. The molecule has 0 bridgehead atoms. The number of hydrogen-bond acceptors (Lipinski definition) is 30. The molecule has 0 saturated carbocycles. The minimum absolute atomic E-state index is 0.00408. The van der Waals surface area contributed by atoms with E-state index in [-0.39, 0.29) is 118 Å². The van der Waals surface area contributed by atoms with Gasteiger partial charge in [-0.05, 0) is 184 Å². The van der Waals surface area contributed by atoms with E-state index < -0.39 is 24.0 Å². The Hall–Kier alpha value is -18.3. The number of methoxy groups -OCH3 is 2. The number of ketones is 2. The molecule has 0 atom stereocenters. The van der Waals surface area contributed by atoms with E-state index in [1.54, 1.807) is 181 Å². The number of carbonyl (C=O) groups excluding carboxylic acids is 7. The van der Waals surface area contributed by atoms with Gasteiger partial charge in [-0.3, -0.25) is 14.4 Å². The molecule has 0 saturated heterocycles. The third kappa shape index (κ3) is 29.8. The molecule has 16 aromatic rings. The van der Waals surface area contributed by atoms with Crippen LogP contribution < -0.4 is 29.0 Å². The molecular weight excluding hydrogens is 1940 g/mol. The number of amides is 1. The molecule has 0 unspecified atom stereocenters. The van der Waals surface area contributed by atoms with Crippen LogP contribution in [-0.4, -0.2) is 192 Å². The molecule has 0 fully saturated rings. The molecule has 0 spiro atoms. The van der Waals surface area contributed by atoms with Crippen molar-refractivity contribution in [1.82, 2.24) is 60.0 Å². The van der Waals surface area contributed by atoms with Crippen LogP contribution >= 0.6 is 11.6 Å². The highest BCUT2D eigenvalue weighted by Crippen LogP contribution is 2.41. The standard InChI is InChI=1S/C32H26O8.C24H29N3O5.C23H26ClN3O3.C18H17N3O3.C17H16N4O3/c1-2-30(35)40-25(19-38-23-13-15-26(28(33)17-23)31(36)21-9-5-3-6-10-21)20-39-24-14-16-27(29(34)18-24)32(37)22-11-7-4-8-12-22;1-15(2)23(29)32-11-7-10-31-17-12-18(24(3,4)5)22(28)21(14-17)27-25-19-9-8-16(30-6)13-20(19)26-27;1-14(2)22(29)30-10-6-7-15-11-17(23(3,4)5)21(28)20(12-15)27-25-18-9-8-16(24)13-19(18)26-27;1-12(2)18(23)24-10-9-13-7-8-17(22)16(11-13)21-19-14-5-3-4-6-15(14)20-21;1-10(2)17(23)18-11-4-7-16(22)15(8-11)21-19-13-6-5-12(24-3)9-14(13)20-21/h2-18,25,33-34H,1,19-20H2;8-9,12-14,28H,1,7,10-11H2,2-6H3;8-9,11-13,28H,1,6-7,10H2,2-5H3;3-8,11,22H,1,9-10H2,2H3;4-9,22H,1H2,2-3H3,(H,18,23). The number of esters is 4. The van der Waals surface area contributed by atoms with Crippen LogP contribution in [0, 0.1) is 0 Å². The van der Waals surface area contributed by atoms with Crippen molar-refractivity contribution in [3.05, 3.63) is 347 Å². The van der Waals surface area contributed by atoms with Gasteiger partial charge < -0.3 is 78.6 Å². The number of benzene rings is 12. The van der Waals surface area contributed by atoms with Crippen molar-refractivity contribution < 1.29 is 107 Å². The Bertz CT molecular complexity index is 7570. The number of aryl methyl sites for hydroxylation is 1. The highest BCUT2D eigenvalue weighted by molar-refractivity contribution is 6.31. The number of aromatic hydroxyl groups is 6. The van der Waals surface area contributed by atoms with Crippen molar-refractivity contribution in [2.75, 3.05) is 59.2 Å². The maximum absolute atomic E-state index is 12.7. The van der Waals surface area contributed by atoms with Gasteiger partial charge in [0, 0.05) is 105 Å². The van der Waals surface area contributed by atoms with Gasteiger partial charge in [0.15, 0.2) is 17.7 Å². The normalized spacial score (nSPS) is 11.0.